The van der Waals surface area contributed by atoms with Crippen molar-refractivity contribution >= 4 is 11.8 Å². The zero-order chi connectivity index (χ0) is 12.7. The van der Waals surface area contributed by atoms with E-state index in [1.807, 2.05) is 11.8 Å². The Balaban J connectivity index is 2.38. The topological polar surface area (TPSA) is 12.0 Å². The molecule has 0 saturated heterocycles. The highest BCUT2D eigenvalue weighted by atomic mass is 32.2. The molecule has 1 N–H and O–H groups in total. The molecule has 1 aromatic rings. The minimum absolute atomic E-state index is 0.454. The third kappa shape index (κ3) is 5.13. The molecule has 17 heavy (non-hydrogen) atoms. The quantitative estimate of drug-likeness (QED) is 0.785. The van der Waals surface area contributed by atoms with Gasteiger partial charge in [0.15, 0.2) is 0 Å². The maximum Gasteiger partial charge on any atom is 0.0291 e. The van der Waals surface area contributed by atoms with Crippen molar-refractivity contribution in [1.29, 1.82) is 0 Å². The van der Waals surface area contributed by atoms with Crippen molar-refractivity contribution in [3.63, 3.8) is 0 Å². The van der Waals surface area contributed by atoms with Crippen LogP contribution in [0.2, 0.25) is 0 Å². The van der Waals surface area contributed by atoms with Crippen LogP contribution in [0.5, 0.6) is 0 Å². The minimum atomic E-state index is 0.454. The molecule has 2 unspecified atom stereocenters. The molecule has 0 aromatic heterocycles. The van der Waals surface area contributed by atoms with Crippen molar-refractivity contribution in [3.8, 4) is 0 Å². The summed E-state index contributed by atoms with van der Waals surface area (Å²) in [6, 6.07) is 9.41. The average molecular weight is 251 g/mol. The van der Waals surface area contributed by atoms with E-state index in [4.69, 9.17) is 0 Å². The Morgan fingerprint density at radius 3 is 2.35 bits per heavy atom. The van der Waals surface area contributed by atoms with Gasteiger partial charge in [-0.3, -0.25) is 0 Å². The van der Waals surface area contributed by atoms with Crippen LogP contribution in [0.15, 0.2) is 24.3 Å². The van der Waals surface area contributed by atoms with Gasteiger partial charge in [-0.05, 0) is 43.7 Å². The van der Waals surface area contributed by atoms with Crippen LogP contribution in [0.25, 0.3) is 0 Å². The van der Waals surface area contributed by atoms with E-state index in [-0.39, 0.29) is 0 Å². The SMILES string of the molecule is CCc1ccc(C(C)NCCC(C)SC)cc1. The van der Waals surface area contributed by atoms with Crippen LogP contribution in [0.1, 0.15) is 44.4 Å². The molecule has 0 saturated carbocycles. The number of benzene rings is 1. The van der Waals surface area contributed by atoms with Gasteiger partial charge >= 0.3 is 0 Å². The number of thioether (sulfide) groups is 1. The molecular formula is C15H25NS. The Kier molecular flexibility index (Phi) is 6.68. The first-order chi connectivity index (χ1) is 8.17. The smallest absolute Gasteiger partial charge is 0.0291 e. The van der Waals surface area contributed by atoms with Gasteiger partial charge in [0.25, 0.3) is 0 Å². The first-order valence-electron chi connectivity index (χ1n) is 6.52. The average Bonchev–Trinajstić information content (AvgIpc) is 2.38. The van der Waals surface area contributed by atoms with Crippen molar-refractivity contribution < 1.29 is 0 Å². The predicted octanol–water partition coefficient (Wildman–Crippen LogP) is 4.04. The van der Waals surface area contributed by atoms with Crippen molar-refractivity contribution in [2.24, 2.45) is 0 Å². The van der Waals surface area contributed by atoms with Crippen LogP contribution in [0, 0.1) is 0 Å². The third-order valence-corrected chi connectivity index (χ3v) is 4.33. The van der Waals surface area contributed by atoms with Crippen LogP contribution in [0.3, 0.4) is 0 Å². The molecule has 1 aromatic carbocycles. The maximum absolute atomic E-state index is 3.59. The lowest BCUT2D eigenvalue weighted by Gasteiger charge is -2.16. The molecule has 0 bridgehead atoms. The van der Waals surface area contributed by atoms with Crippen molar-refractivity contribution in [2.75, 3.05) is 12.8 Å². The summed E-state index contributed by atoms with van der Waals surface area (Å²) in [4.78, 5) is 0. The van der Waals surface area contributed by atoms with Crippen LogP contribution in [-0.4, -0.2) is 18.1 Å². The fourth-order valence-corrected chi connectivity index (χ4v) is 2.13. The summed E-state index contributed by atoms with van der Waals surface area (Å²) in [5.74, 6) is 0. The first kappa shape index (κ1) is 14.6. The molecule has 0 aliphatic rings. The van der Waals surface area contributed by atoms with E-state index in [9.17, 15) is 0 Å². The van der Waals surface area contributed by atoms with Gasteiger partial charge in [-0.25, -0.2) is 0 Å². The molecule has 0 aliphatic heterocycles. The van der Waals surface area contributed by atoms with Crippen molar-refractivity contribution in [3.05, 3.63) is 35.4 Å². The first-order valence-corrected chi connectivity index (χ1v) is 7.81. The second-order valence-corrected chi connectivity index (χ2v) is 5.88. The van der Waals surface area contributed by atoms with Crippen molar-refractivity contribution in [2.45, 2.75) is 44.9 Å². The van der Waals surface area contributed by atoms with Crippen LogP contribution in [-0.2, 0) is 6.42 Å². The number of hydrogen-bond donors (Lipinski definition) is 1. The Bertz CT molecular complexity index is 307. The fraction of sp³-hybridized carbons (Fsp3) is 0.600. The Morgan fingerprint density at radius 2 is 1.82 bits per heavy atom. The summed E-state index contributed by atoms with van der Waals surface area (Å²) in [6.07, 6.45) is 4.53. The molecule has 1 nitrogen and oxygen atoms in total. The van der Waals surface area contributed by atoms with Crippen LogP contribution >= 0.6 is 11.8 Å². The van der Waals surface area contributed by atoms with Gasteiger partial charge < -0.3 is 5.32 Å². The standard InChI is InChI=1S/C15H25NS/c1-5-14-6-8-15(9-7-14)13(3)16-11-10-12(2)17-4/h6-9,12-13,16H,5,10-11H2,1-4H3. The molecular weight excluding hydrogens is 226 g/mol. The zero-order valence-corrected chi connectivity index (χ0v) is 12.3. The molecule has 2 atom stereocenters. The maximum atomic E-state index is 3.59. The van der Waals surface area contributed by atoms with E-state index in [0.717, 1.165) is 18.2 Å². The van der Waals surface area contributed by atoms with Crippen molar-refractivity contribution in [1.82, 2.24) is 5.32 Å². The number of nitrogens with one attached hydrogen (secondary N) is 1. The van der Waals surface area contributed by atoms with Gasteiger partial charge in [0.2, 0.25) is 0 Å². The second kappa shape index (κ2) is 7.78. The van der Waals surface area contributed by atoms with Gasteiger partial charge in [0, 0.05) is 11.3 Å². The summed E-state index contributed by atoms with van der Waals surface area (Å²) >= 11 is 1.94. The lowest BCUT2D eigenvalue weighted by molar-refractivity contribution is 0.558. The number of aryl methyl sites for hydroxylation is 1. The largest absolute Gasteiger partial charge is 0.310 e. The van der Waals surface area contributed by atoms with E-state index in [1.54, 1.807) is 0 Å². The third-order valence-electron chi connectivity index (χ3n) is 3.29. The highest BCUT2D eigenvalue weighted by Crippen LogP contribution is 2.14. The second-order valence-electron chi connectivity index (χ2n) is 4.61. The highest BCUT2D eigenvalue weighted by Gasteiger charge is 2.05. The monoisotopic (exact) mass is 251 g/mol. The normalized spacial score (nSPS) is 14.6. The van der Waals surface area contributed by atoms with Gasteiger partial charge in [0.05, 0.1) is 0 Å². The summed E-state index contributed by atoms with van der Waals surface area (Å²) in [5.41, 5.74) is 2.80. The fourth-order valence-electron chi connectivity index (χ4n) is 1.78. The molecule has 0 aliphatic carbocycles. The van der Waals surface area contributed by atoms with E-state index < -0.39 is 0 Å². The van der Waals surface area contributed by atoms with Gasteiger partial charge in [-0.1, -0.05) is 38.1 Å². The summed E-state index contributed by atoms with van der Waals surface area (Å²) in [7, 11) is 0. The molecule has 1 rings (SSSR count). The Hall–Kier alpha value is -0.470. The van der Waals surface area contributed by atoms with Gasteiger partial charge in [-0.2, -0.15) is 11.8 Å². The molecule has 0 radical (unpaired) electrons. The van der Waals surface area contributed by atoms with Gasteiger partial charge in [-0.15, -0.1) is 0 Å². The van der Waals surface area contributed by atoms with E-state index in [1.165, 1.54) is 17.5 Å². The molecule has 96 valence electrons. The molecule has 0 heterocycles. The summed E-state index contributed by atoms with van der Waals surface area (Å²) in [5, 5.41) is 4.34. The lowest BCUT2D eigenvalue weighted by atomic mass is 10.0. The molecule has 2 heteroatoms. The Morgan fingerprint density at radius 1 is 1.18 bits per heavy atom. The summed E-state index contributed by atoms with van der Waals surface area (Å²) < 4.78 is 0. The molecule has 0 amide bonds. The lowest BCUT2D eigenvalue weighted by Crippen LogP contribution is -2.21. The van der Waals surface area contributed by atoms with Gasteiger partial charge in [0.1, 0.15) is 0 Å². The van der Waals surface area contributed by atoms with E-state index >= 15 is 0 Å². The Labute approximate surface area is 110 Å². The van der Waals surface area contributed by atoms with E-state index in [2.05, 4.69) is 56.6 Å². The molecule has 0 spiro atoms. The minimum Gasteiger partial charge on any atom is -0.310 e. The molecule has 0 fully saturated rings. The van der Waals surface area contributed by atoms with E-state index in [0.29, 0.717) is 6.04 Å². The predicted molar refractivity (Wildman–Crippen MR) is 79.8 cm³/mol. The summed E-state index contributed by atoms with van der Waals surface area (Å²) in [6.45, 7) is 7.82. The zero-order valence-electron chi connectivity index (χ0n) is 11.5. The van der Waals surface area contributed by atoms with Crippen LogP contribution in [0.4, 0.5) is 0 Å². The number of rotatable bonds is 7. The highest BCUT2D eigenvalue weighted by molar-refractivity contribution is 7.99. The number of hydrogen-bond acceptors (Lipinski definition) is 2. The van der Waals surface area contributed by atoms with Crippen LogP contribution < -0.4 is 5.32 Å².